The highest BCUT2D eigenvalue weighted by Crippen LogP contribution is 2.30. The lowest BCUT2D eigenvalue weighted by Gasteiger charge is -2.30. The van der Waals surface area contributed by atoms with Crippen molar-refractivity contribution >= 4 is 5.91 Å². The van der Waals surface area contributed by atoms with Crippen LogP contribution in [0.5, 0.6) is 5.75 Å². The molecule has 0 spiro atoms. The van der Waals surface area contributed by atoms with Crippen molar-refractivity contribution in [3.05, 3.63) is 29.8 Å². The maximum absolute atomic E-state index is 12.2. The van der Waals surface area contributed by atoms with Gasteiger partial charge in [-0.2, -0.15) is 0 Å². The molecule has 0 unspecified atom stereocenters. The van der Waals surface area contributed by atoms with E-state index in [0.29, 0.717) is 0 Å². The standard InChI is InChI=1S/C17H26N2O2/c1-17(2,3)14-6-4-5-7-15(14)21-12-16(20)19-10-8-13(18)9-11-19/h4-7,13H,8-12,18H2,1-3H3. The van der Waals surface area contributed by atoms with Crippen molar-refractivity contribution < 1.29 is 9.53 Å². The van der Waals surface area contributed by atoms with Crippen LogP contribution >= 0.6 is 0 Å². The van der Waals surface area contributed by atoms with Crippen molar-refractivity contribution in [2.45, 2.75) is 45.1 Å². The fourth-order valence-corrected chi connectivity index (χ4v) is 2.59. The van der Waals surface area contributed by atoms with Crippen molar-refractivity contribution in [3.8, 4) is 5.75 Å². The summed E-state index contributed by atoms with van der Waals surface area (Å²) in [5.41, 5.74) is 6.98. The Labute approximate surface area is 127 Å². The molecular weight excluding hydrogens is 264 g/mol. The summed E-state index contributed by atoms with van der Waals surface area (Å²) in [6.45, 7) is 8.01. The Hall–Kier alpha value is -1.55. The average Bonchev–Trinajstić information content (AvgIpc) is 2.45. The third-order valence-electron chi connectivity index (χ3n) is 3.94. The SMILES string of the molecule is CC(C)(C)c1ccccc1OCC(=O)N1CCC(N)CC1. The number of carbonyl (C=O) groups excluding carboxylic acids is 1. The van der Waals surface area contributed by atoms with E-state index in [0.717, 1.165) is 37.2 Å². The Kier molecular flexibility index (Phi) is 4.88. The van der Waals surface area contributed by atoms with Gasteiger partial charge in [-0.05, 0) is 29.9 Å². The number of ether oxygens (including phenoxy) is 1. The summed E-state index contributed by atoms with van der Waals surface area (Å²) in [5, 5.41) is 0. The zero-order valence-corrected chi connectivity index (χ0v) is 13.3. The molecule has 0 atom stereocenters. The number of hydrogen-bond donors (Lipinski definition) is 1. The molecule has 0 radical (unpaired) electrons. The number of carbonyl (C=O) groups is 1. The van der Waals surface area contributed by atoms with Gasteiger partial charge in [0.05, 0.1) is 0 Å². The van der Waals surface area contributed by atoms with E-state index < -0.39 is 0 Å². The molecule has 1 aromatic carbocycles. The molecule has 0 aliphatic carbocycles. The van der Waals surface area contributed by atoms with Gasteiger partial charge in [-0.15, -0.1) is 0 Å². The molecule has 1 aliphatic heterocycles. The van der Waals surface area contributed by atoms with Gasteiger partial charge in [0.25, 0.3) is 5.91 Å². The molecule has 1 fully saturated rings. The normalized spacial score (nSPS) is 16.9. The Morgan fingerprint density at radius 1 is 1.29 bits per heavy atom. The third-order valence-corrected chi connectivity index (χ3v) is 3.94. The fourth-order valence-electron chi connectivity index (χ4n) is 2.59. The maximum Gasteiger partial charge on any atom is 0.260 e. The summed E-state index contributed by atoms with van der Waals surface area (Å²) in [5.74, 6) is 0.845. The molecule has 1 heterocycles. The van der Waals surface area contributed by atoms with Crippen molar-refractivity contribution in [1.82, 2.24) is 4.90 Å². The topological polar surface area (TPSA) is 55.6 Å². The van der Waals surface area contributed by atoms with E-state index in [1.165, 1.54) is 0 Å². The lowest BCUT2D eigenvalue weighted by Crippen LogP contribution is -2.44. The number of amides is 1. The van der Waals surface area contributed by atoms with Crippen molar-refractivity contribution in [1.29, 1.82) is 0 Å². The second-order valence-electron chi connectivity index (χ2n) is 6.75. The Balaban J connectivity index is 1.96. The van der Waals surface area contributed by atoms with Crippen LogP contribution in [0.3, 0.4) is 0 Å². The number of benzene rings is 1. The molecule has 2 rings (SSSR count). The van der Waals surface area contributed by atoms with Gasteiger partial charge in [0, 0.05) is 19.1 Å². The molecule has 0 bridgehead atoms. The van der Waals surface area contributed by atoms with Gasteiger partial charge in [0.2, 0.25) is 0 Å². The number of rotatable bonds is 3. The maximum atomic E-state index is 12.2. The molecule has 4 heteroatoms. The highest BCUT2D eigenvalue weighted by Gasteiger charge is 2.22. The summed E-state index contributed by atoms with van der Waals surface area (Å²) in [4.78, 5) is 14.0. The summed E-state index contributed by atoms with van der Waals surface area (Å²) >= 11 is 0. The first kappa shape index (κ1) is 15.8. The van der Waals surface area contributed by atoms with Crippen LogP contribution in [0.15, 0.2) is 24.3 Å². The predicted octanol–water partition coefficient (Wildman–Crippen LogP) is 2.31. The highest BCUT2D eigenvalue weighted by atomic mass is 16.5. The Morgan fingerprint density at radius 3 is 2.52 bits per heavy atom. The quantitative estimate of drug-likeness (QED) is 0.929. The minimum absolute atomic E-state index is 0.00244. The predicted molar refractivity (Wildman–Crippen MR) is 84.4 cm³/mol. The first-order valence-electron chi connectivity index (χ1n) is 7.63. The molecule has 1 aliphatic rings. The summed E-state index contributed by atoms with van der Waals surface area (Å²) in [6.07, 6.45) is 1.76. The lowest BCUT2D eigenvalue weighted by atomic mass is 9.86. The monoisotopic (exact) mass is 290 g/mol. The summed E-state index contributed by atoms with van der Waals surface area (Å²) in [7, 11) is 0. The molecular formula is C17H26N2O2. The van der Waals surface area contributed by atoms with E-state index >= 15 is 0 Å². The molecule has 21 heavy (non-hydrogen) atoms. The van der Waals surface area contributed by atoms with Crippen LogP contribution in [0.2, 0.25) is 0 Å². The van der Waals surface area contributed by atoms with E-state index in [1.54, 1.807) is 0 Å². The largest absolute Gasteiger partial charge is 0.483 e. The molecule has 2 N–H and O–H groups in total. The molecule has 1 saturated heterocycles. The summed E-state index contributed by atoms with van der Waals surface area (Å²) in [6, 6.07) is 8.16. The molecule has 1 amide bonds. The molecule has 116 valence electrons. The van der Waals surface area contributed by atoms with E-state index in [-0.39, 0.29) is 24.0 Å². The van der Waals surface area contributed by atoms with Crippen LogP contribution in [0.4, 0.5) is 0 Å². The molecule has 1 aromatic rings. The van der Waals surface area contributed by atoms with Gasteiger partial charge in [0.15, 0.2) is 6.61 Å². The number of likely N-dealkylation sites (tertiary alicyclic amines) is 1. The van der Waals surface area contributed by atoms with Crippen LogP contribution < -0.4 is 10.5 Å². The zero-order valence-electron chi connectivity index (χ0n) is 13.3. The number of hydrogen-bond acceptors (Lipinski definition) is 3. The van der Waals surface area contributed by atoms with Gasteiger partial charge < -0.3 is 15.4 Å². The van der Waals surface area contributed by atoms with Crippen LogP contribution in [0.1, 0.15) is 39.2 Å². The second kappa shape index (κ2) is 6.48. The second-order valence-corrected chi connectivity index (χ2v) is 6.75. The number of piperidine rings is 1. The van der Waals surface area contributed by atoms with Crippen LogP contribution in [0.25, 0.3) is 0 Å². The fraction of sp³-hybridized carbons (Fsp3) is 0.588. The van der Waals surface area contributed by atoms with E-state index in [1.807, 2.05) is 23.1 Å². The van der Waals surface area contributed by atoms with Gasteiger partial charge >= 0.3 is 0 Å². The molecule has 0 saturated carbocycles. The number of para-hydroxylation sites is 1. The molecule has 4 nitrogen and oxygen atoms in total. The number of nitrogens with two attached hydrogens (primary N) is 1. The Morgan fingerprint density at radius 2 is 1.90 bits per heavy atom. The lowest BCUT2D eigenvalue weighted by molar-refractivity contribution is -0.134. The third kappa shape index (κ3) is 4.21. The van der Waals surface area contributed by atoms with Crippen molar-refractivity contribution in [2.24, 2.45) is 5.73 Å². The highest BCUT2D eigenvalue weighted by molar-refractivity contribution is 5.78. The number of nitrogens with zero attached hydrogens (tertiary/aromatic N) is 1. The van der Waals surface area contributed by atoms with E-state index in [2.05, 4.69) is 26.8 Å². The first-order valence-corrected chi connectivity index (χ1v) is 7.63. The van der Waals surface area contributed by atoms with Crippen LogP contribution in [-0.4, -0.2) is 36.5 Å². The van der Waals surface area contributed by atoms with Gasteiger partial charge in [-0.1, -0.05) is 39.0 Å². The summed E-state index contributed by atoms with van der Waals surface area (Å²) < 4.78 is 5.78. The van der Waals surface area contributed by atoms with Crippen molar-refractivity contribution in [2.75, 3.05) is 19.7 Å². The van der Waals surface area contributed by atoms with Gasteiger partial charge in [0.1, 0.15) is 5.75 Å². The minimum Gasteiger partial charge on any atom is -0.483 e. The van der Waals surface area contributed by atoms with E-state index in [9.17, 15) is 4.79 Å². The van der Waals surface area contributed by atoms with Crippen LogP contribution in [0, 0.1) is 0 Å². The van der Waals surface area contributed by atoms with Gasteiger partial charge in [-0.3, -0.25) is 4.79 Å². The van der Waals surface area contributed by atoms with Crippen molar-refractivity contribution in [3.63, 3.8) is 0 Å². The zero-order chi connectivity index (χ0) is 15.5. The Bertz CT molecular complexity index is 486. The smallest absolute Gasteiger partial charge is 0.260 e. The van der Waals surface area contributed by atoms with Crippen LogP contribution in [-0.2, 0) is 10.2 Å². The first-order chi connectivity index (χ1) is 9.88. The average molecular weight is 290 g/mol. The molecule has 0 aromatic heterocycles. The van der Waals surface area contributed by atoms with E-state index in [4.69, 9.17) is 10.5 Å². The minimum atomic E-state index is -0.00244. The van der Waals surface area contributed by atoms with Gasteiger partial charge in [-0.25, -0.2) is 0 Å².